The maximum atomic E-state index is 12.0. The van der Waals surface area contributed by atoms with Crippen molar-refractivity contribution >= 4 is 0 Å². The van der Waals surface area contributed by atoms with Gasteiger partial charge in [0, 0.05) is 6.04 Å². The van der Waals surface area contributed by atoms with Crippen LogP contribution in [0.4, 0.5) is 8.78 Å². The molecule has 0 aliphatic heterocycles. The molecular formula is C7H10F2N2O. The smallest absolute Gasteiger partial charge is 0.313 e. The molecule has 0 saturated carbocycles. The lowest BCUT2D eigenvalue weighted by Gasteiger charge is -2.03. The topological polar surface area (TPSA) is 38.1 Å². The summed E-state index contributed by atoms with van der Waals surface area (Å²) in [6.07, 6.45) is -1.40. The Morgan fingerprint density at radius 3 is 2.67 bits per heavy atom. The normalized spacial score (nSPS) is 13.8. The monoisotopic (exact) mass is 176 g/mol. The molecule has 0 radical (unpaired) electrons. The van der Waals surface area contributed by atoms with E-state index in [-0.39, 0.29) is 6.04 Å². The molecule has 1 atom stereocenters. The lowest BCUT2D eigenvalue weighted by atomic mass is 10.3. The molecule has 0 saturated heterocycles. The Labute approximate surface area is 68.8 Å². The fourth-order valence-electron chi connectivity index (χ4n) is 0.748. The Balaban J connectivity index is 2.77. The van der Waals surface area contributed by atoms with Crippen LogP contribution in [0.2, 0.25) is 0 Å². The Bertz CT molecular complexity index is 249. The molecule has 0 bridgehead atoms. The molecule has 3 nitrogen and oxygen atoms in total. The number of nitrogens with zero attached hydrogens (tertiary/aromatic N) is 1. The first kappa shape index (κ1) is 9.12. The van der Waals surface area contributed by atoms with Gasteiger partial charge in [0.15, 0.2) is 0 Å². The van der Waals surface area contributed by atoms with Gasteiger partial charge in [0.2, 0.25) is 0 Å². The molecule has 0 aliphatic rings. The number of hydrogen-bond donors (Lipinski definition) is 1. The highest BCUT2D eigenvalue weighted by Gasteiger charge is 2.16. The van der Waals surface area contributed by atoms with Crippen molar-refractivity contribution in [2.45, 2.75) is 19.4 Å². The van der Waals surface area contributed by atoms with Crippen molar-refractivity contribution in [1.82, 2.24) is 10.3 Å². The molecule has 0 aromatic carbocycles. The van der Waals surface area contributed by atoms with E-state index in [1.54, 1.807) is 7.05 Å². The molecule has 1 unspecified atom stereocenters. The number of rotatable bonds is 3. The van der Waals surface area contributed by atoms with Gasteiger partial charge in [-0.05, 0) is 14.0 Å². The largest absolute Gasteiger partial charge is 0.443 e. The number of halogens is 2. The first-order valence-electron chi connectivity index (χ1n) is 3.56. The number of hydrogen-bond acceptors (Lipinski definition) is 3. The molecule has 1 aromatic heterocycles. The minimum absolute atomic E-state index is 0.0683. The zero-order chi connectivity index (χ0) is 9.14. The lowest BCUT2D eigenvalue weighted by Crippen LogP contribution is -2.12. The van der Waals surface area contributed by atoms with Crippen LogP contribution in [0.15, 0.2) is 10.7 Å². The Morgan fingerprint density at radius 1 is 1.58 bits per heavy atom. The van der Waals surface area contributed by atoms with E-state index in [9.17, 15) is 8.78 Å². The third kappa shape index (κ3) is 1.79. The molecule has 1 heterocycles. The van der Waals surface area contributed by atoms with Gasteiger partial charge in [0.1, 0.15) is 6.26 Å². The summed E-state index contributed by atoms with van der Waals surface area (Å²) in [7, 11) is 1.72. The predicted molar refractivity (Wildman–Crippen MR) is 38.9 cm³/mol. The number of aromatic nitrogens is 1. The zero-order valence-electron chi connectivity index (χ0n) is 6.84. The van der Waals surface area contributed by atoms with Crippen molar-refractivity contribution in [2.75, 3.05) is 7.05 Å². The maximum absolute atomic E-state index is 12.0. The zero-order valence-corrected chi connectivity index (χ0v) is 6.84. The highest BCUT2D eigenvalue weighted by Crippen LogP contribution is 2.19. The molecule has 12 heavy (non-hydrogen) atoms. The van der Waals surface area contributed by atoms with Crippen LogP contribution in [-0.4, -0.2) is 12.0 Å². The summed E-state index contributed by atoms with van der Waals surface area (Å²) in [5.41, 5.74) is 0.493. The van der Waals surface area contributed by atoms with Crippen LogP contribution in [0.5, 0.6) is 0 Å². The van der Waals surface area contributed by atoms with Crippen molar-refractivity contribution in [2.24, 2.45) is 0 Å². The molecular weight excluding hydrogens is 166 g/mol. The van der Waals surface area contributed by atoms with Gasteiger partial charge in [0.05, 0.1) is 5.69 Å². The minimum atomic E-state index is -2.64. The first-order chi connectivity index (χ1) is 5.65. The molecule has 1 N–H and O–H groups in total. The second-order valence-electron chi connectivity index (χ2n) is 2.42. The van der Waals surface area contributed by atoms with Crippen molar-refractivity contribution in [3.63, 3.8) is 0 Å². The standard InChI is InChI=1S/C7H10F2N2O/c1-4(10-2)5-3-12-7(11-5)6(8)9/h3-4,6,10H,1-2H3. The Kier molecular flexibility index (Phi) is 2.75. The van der Waals surface area contributed by atoms with Crippen LogP contribution in [-0.2, 0) is 0 Å². The van der Waals surface area contributed by atoms with Crippen LogP contribution in [0.3, 0.4) is 0 Å². The van der Waals surface area contributed by atoms with Crippen molar-refractivity contribution in [1.29, 1.82) is 0 Å². The van der Waals surface area contributed by atoms with Gasteiger partial charge in [-0.25, -0.2) is 4.98 Å². The van der Waals surface area contributed by atoms with E-state index < -0.39 is 12.3 Å². The van der Waals surface area contributed by atoms with E-state index >= 15 is 0 Å². The van der Waals surface area contributed by atoms with E-state index in [0.29, 0.717) is 5.69 Å². The van der Waals surface area contributed by atoms with Crippen LogP contribution >= 0.6 is 0 Å². The van der Waals surface area contributed by atoms with Gasteiger partial charge in [-0.15, -0.1) is 0 Å². The molecule has 0 spiro atoms. The summed E-state index contributed by atoms with van der Waals surface area (Å²) >= 11 is 0. The summed E-state index contributed by atoms with van der Waals surface area (Å²) in [4.78, 5) is 3.60. The van der Waals surface area contributed by atoms with E-state index in [2.05, 4.69) is 14.7 Å². The SMILES string of the molecule is CNC(C)c1coc(C(F)F)n1. The number of oxazole rings is 1. The summed E-state index contributed by atoms with van der Waals surface area (Å²) in [6.45, 7) is 1.81. The van der Waals surface area contributed by atoms with Crippen LogP contribution in [0.1, 0.15) is 31.0 Å². The van der Waals surface area contributed by atoms with E-state index in [4.69, 9.17) is 0 Å². The van der Waals surface area contributed by atoms with Crippen molar-refractivity contribution in [3.8, 4) is 0 Å². The molecule has 68 valence electrons. The average Bonchev–Trinajstić information content (AvgIpc) is 2.51. The molecule has 1 aromatic rings. The van der Waals surface area contributed by atoms with Gasteiger partial charge in [0.25, 0.3) is 5.89 Å². The van der Waals surface area contributed by atoms with Gasteiger partial charge in [-0.2, -0.15) is 8.78 Å². The summed E-state index contributed by atoms with van der Waals surface area (Å²) in [5, 5.41) is 2.87. The van der Waals surface area contributed by atoms with E-state index in [1.807, 2.05) is 6.92 Å². The molecule has 0 fully saturated rings. The first-order valence-corrected chi connectivity index (χ1v) is 3.56. The highest BCUT2D eigenvalue weighted by atomic mass is 19.3. The third-order valence-corrected chi connectivity index (χ3v) is 1.60. The van der Waals surface area contributed by atoms with Gasteiger partial charge >= 0.3 is 6.43 Å². The Hall–Kier alpha value is -0.970. The number of nitrogens with one attached hydrogen (secondary N) is 1. The summed E-state index contributed by atoms with van der Waals surface area (Å²) < 4.78 is 28.5. The van der Waals surface area contributed by atoms with Crippen molar-refractivity contribution < 1.29 is 13.2 Å². The average molecular weight is 176 g/mol. The quantitative estimate of drug-likeness (QED) is 0.764. The lowest BCUT2D eigenvalue weighted by molar-refractivity contribution is 0.115. The molecule has 0 amide bonds. The molecule has 0 aliphatic carbocycles. The fourth-order valence-corrected chi connectivity index (χ4v) is 0.748. The Morgan fingerprint density at radius 2 is 2.25 bits per heavy atom. The summed E-state index contributed by atoms with van der Waals surface area (Å²) in [5.74, 6) is -0.521. The third-order valence-electron chi connectivity index (χ3n) is 1.60. The predicted octanol–water partition coefficient (Wildman–Crippen LogP) is 1.89. The molecule has 5 heteroatoms. The number of alkyl halides is 2. The van der Waals surface area contributed by atoms with Gasteiger partial charge < -0.3 is 9.73 Å². The second kappa shape index (κ2) is 3.62. The second-order valence-corrected chi connectivity index (χ2v) is 2.42. The van der Waals surface area contributed by atoms with Gasteiger partial charge in [-0.1, -0.05) is 0 Å². The summed E-state index contributed by atoms with van der Waals surface area (Å²) in [6, 6.07) is -0.0683. The minimum Gasteiger partial charge on any atom is -0.443 e. The van der Waals surface area contributed by atoms with Crippen LogP contribution in [0.25, 0.3) is 0 Å². The van der Waals surface area contributed by atoms with Gasteiger partial charge in [-0.3, -0.25) is 0 Å². The van der Waals surface area contributed by atoms with Crippen LogP contribution in [0, 0.1) is 0 Å². The van der Waals surface area contributed by atoms with Crippen molar-refractivity contribution in [3.05, 3.63) is 17.8 Å². The molecule has 1 rings (SSSR count). The maximum Gasteiger partial charge on any atom is 0.313 e. The highest BCUT2D eigenvalue weighted by molar-refractivity contribution is 5.02. The van der Waals surface area contributed by atoms with E-state index in [0.717, 1.165) is 0 Å². The van der Waals surface area contributed by atoms with Crippen LogP contribution < -0.4 is 5.32 Å². The van der Waals surface area contributed by atoms with E-state index in [1.165, 1.54) is 6.26 Å². The fraction of sp³-hybridized carbons (Fsp3) is 0.571.